The van der Waals surface area contributed by atoms with E-state index in [-0.39, 0.29) is 11.1 Å². The zero-order valence-corrected chi connectivity index (χ0v) is 26.4. The number of anilines is 2. The number of hydrogen-bond acceptors (Lipinski definition) is 12. The van der Waals surface area contributed by atoms with E-state index in [2.05, 4.69) is 29.7 Å². The lowest BCUT2D eigenvalue weighted by Crippen LogP contribution is -2.36. The number of rotatable bonds is 4. The molecule has 0 saturated carbocycles. The highest BCUT2D eigenvalue weighted by Gasteiger charge is 2.25. The number of thiophene rings is 2. The summed E-state index contributed by atoms with van der Waals surface area (Å²) in [6.45, 7) is 3.29. The first-order valence-corrected chi connectivity index (χ1v) is 17.2. The molecule has 46 heavy (non-hydrogen) atoms. The van der Waals surface area contributed by atoms with Gasteiger partial charge in [-0.1, -0.05) is 0 Å². The zero-order valence-electron chi connectivity index (χ0n) is 24.8. The molecular weight excluding hydrogens is 621 g/mol. The van der Waals surface area contributed by atoms with Gasteiger partial charge in [-0.05, 0) is 62.8 Å². The Morgan fingerprint density at radius 1 is 0.500 bits per heavy atom. The minimum absolute atomic E-state index is 0.150. The summed E-state index contributed by atoms with van der Waals surface area (Å²) in [6.07, 6.45) is 13.0. The van der Waals surface area contributed by atoms with Crippen molar-refractivity contribution in [2.24, 2.45) is 0 Å². The van der Waals surface area contributed by atoms with Crippen molar-refractivity contribution in [2.75, 3.05) is 36.0 Å². The summed E-state index contributed by atoms with van der Waals surface area (Å²) >= 11 is 2.64. The van der Waals surface area contributed by atoms with Crippen molar-refractivity contribution < 1.29 is 0 Å². The third-order valence-corrected chi connectivity index (χ3v) is 11.0. The Hall–Kier alpha value is -4.82. The average molecular weight is 649 g/mol. The Labute approximate surface area is 269 Å². The first-order chi connectivity index (χ1) is 22.7. The lowest BCUT2D eigenvalue weighted by molar-refractivity contribution is 0.563. The van der Waals surface area contributed by atoms with Gasteiger partial charge in [-0.2, -0.15) is 0 Å². The van der Waals surface area contributed by atoms with Gasteiger partial charge in [-0.15, -0.1) is 22.7 Å². The molecule has 12 nitrogen and oxygen atoms in total. The van der Waals surface area contributed by atoms with Crippen LogP contribution >= 0.6 is 22.7 Å². The van der Waals surface area contributed by atoms with Crippen LogP contribution in [0.25, 0.3) is 52.5 Å². The molecule has 0 N–H and O–H groups in total. The van der Waals surface area contributed by atoms with Crippen molar-refractivity contribution in [2.45, 2.75) is 38.5 Å². The maximum absolute atomic E-state index is 14.2. The second-order valence-electron chi connectivity index (χ2n) is 11.7. The van der Waals surface area contributed by atoms with Crippen molar-refractivity contribution in [3.63, 3.8) is 0 Å². The Balaban J connectivity index is 1.23. The average Bonchev–Trinajstić information content (AvgIpc) is 3.68. The number of fused-ring (bicyclic) bond motifs is 6. The molecule has 2 saturated heterocycles. The molecule has 0 unspecified atom stereocenters. The van der Waals surface area contributed by atoms with Crippen LogP contribution in [0.5, 0.6) is 0 Å². The molecule has 230 valence electrons. The zero-order chi connectivity index (χ0) is 30.8. The topological polar surface area (TPSA) is 128 Å². The summed E-state index contributed by atoms with van der Waals surface area (Å²) in [7, 11) is 0. The van der Waals surface area contributed by atoms with Gasteiger partial charge < -0.3 is 9.80 Å². The van der Waals surface area contributed by atoms with Crippen LogP contribution in [0.4, 0.5) is 11.9 Å². The molecular formula is C32H28N10O2S2. The molecule has 14 heteroatoms. The van der Waals surface area contributed by atoms with E-state index in [1.165, 1.54) is 22.7 Å². The highest BCUT2D eigenvalue weighted by molar-refractivity contribution is 7.25. The van der Waals surface area contributed by atoms with Crippen molar-refractivity contribution in [3.05, 3.63) is 69.8 Å². The van der Waals surface area contributed by atoms with E-state index >= 15 is 0 Å². The van der Waals surface area contributed by atoms with Crippen molar-refractivity contribution in [1.82, 2.24) is 39.0 Å². The molecule has 0 amide bonds. The van der Waals surface area contributed by atoms with E-state index in [9.17, 15) is 9.59 Å². The molecule has 8 heterocycles. The number of hydrogen-bond donors (Lipinski definition) is 0. The maximum Gasteiger partial charge on any atom is 0.277 e. The predicted octanol–water partition coefficient (Wildman–Crippen LogP) is 5.07. The van der Waals surface area contributed by atoms with Crippen LogP contribution in [0.2, 0.25) is 0 Å². The Morgan fingerprint density at radius 3 is 1.30 bits per heavy atom. The van der Waals surface area contributed by atoms with Gasteiger partial charge in [0.1, 0.15) is 41.1 Å². The predicted molar refractivity (Wildman–Crippen MR) is 182 cm³/mol. The first-order valence-electron chi connectivity index (χ1n) is 15.6. The van der Waals surface area contributed by atoms with E-state index in [0.29, 0.717) is 64.4 Å². The SMILES string of the molecule is O=c1c2sc3nccnc3c2nc(N2CCCCC2)n1-c1ccc(-n2c(N3CCCCC3)nc3c(sc4nccnc43)c2=O)cc1. The quantitative estimate of drug-likeness (QED) is 0.255. The van der Waals surface area contributed by atoms with Crippen LogP contribution in [0.1, 0.15) is 38.5 Å². The summed E-state index contributed by atoms with van der Waals surface area (Å²) in [6, 6.07) is 7.58. The molecule has 0 atom stereocenters. The van der Waals surface area contributed by atoms with Crippen LogP contribution < -0.4 is 20.9 Å². The smallest absolute Gasteiger partial charge is 0.277 e. The molecule has 2 aliphatic heterocycles. The van der Waals surface area contributed by atoms with Crippen LogP contribution in [0.15, 0.2) is 58.6 Å². The lowest BCUT2D eigenvalue weighted by Gasteiger charge is -2.30. The standard InChI is InChI=1S/C32H28N10O2S2/c43-29-25-21(23-27(45-25)35-13-11-33-23)37-31(39-15-3-1-4-16-39)41(29)19-7-9-20(10-8-19)42-30(44)26-22(24-28(46-26)36-14-12-34-24)38-32(42)40-17-5-2-6-18-40/h7-14H,1-6,15-18H2. The number of piperidine rings is 2. The van der Waals surface area contributed by atoms with E-state index in [1.54, 1.807) is 33.9 Å². The first kappa shape index (κ1) is 27.5. The molecule has 0 radical (unpaired) electrons. The van der Waals surface area contributed by atoms with Gasteiger partial charge >= 0.3 is 0 Å². The highest BCUT2D eigenvalue weighted by atomic mass is 32.1. The van der Waals surface area contributed by atoms with Gasteiger partial charge in [0.05, 0.1) is 11.4 Å². The Morgan fingerprint density at radius 2 is 0.891 bits per heavy atom. The maximum atomic E-state index is 14.2. The van der Waals surface area contributed by atoms with Gasteiger partial charge in [0.2, 0.25) is 11.9 Å². The molecule has 0 bridgehead atoms. The van der Waals surface area contributed by atoms with Crippen LogP contribution in [-0.2, 0) is 0 Å². The van der Waals surface area contributed by atoms with Crippen molar-refractivity contribution in [1.29, 1.82) is 0 Å². The van der Waals surface area contributed by atoms with E-state index in [4.69, 9.17) is 9.97 Å². The van der Waals surface area contributed by atoms with E-state index in [1.807, 2.05) is 24.3 Å². The molecule has 2 fully saturated rings. The molecule has 6 aromatic heterocycles. The Bertz CT molecular complexity index is 2230. The molecule has 0 aliphatic carbocycles. The molecule has 9 rings (SSSR count). The summed E-state index contributed by atoms with van der Waals surface area (Å²) in [5.41, 5.74) is 3.55. The fourth-order valence-electron chi connectivity index (χ4n) is 6.64. The summed E-state index contributed by atoms with van der Waals surface area (Å²) < 4.78 is 4.45. The van der Waals surface area contributed by atoms with Crippen LogP contribution in [0, 0.1) is 0 Å². The third kappa shape index (κ3) is 4.31. The van der Waals surface area contributed by atoms with Gasteiger partial charge in [0.25, 0.3) is 11.1 Å². The largest absolute Gasteiger partial charge is 0.342 e. The Kier molecular flexibility index (Phi) is 6.52. The van der Waals surface area contributed by atoms with Crippen molar-refractivity contribution >= 4 is 75.7 Å². The summed E-state index contributed by atoms with van der Waals surface area (Å²) in [5.74, 6) is 1.21. The molecule has 1 aromatic carbocycles. The van der Waals surface area contributed by atoms with Gasteiger partial charge in [0.15, 0.2) is 0 Å². The minimum atomic E-state index is -0.150. The molecule has 2 aliphatic rings. The number of nitrogens with zero attached hydrogens (tertiary/aromatic N) is 10. The summed E-state index contributed by atoms with van der Waals surface area (Å²) in [5, 5.41) is 0. The highest BCUT2D eigenvalue weighted by Crippen LogP contribution is 2.33. The number of aromatic nitrogens is 8. The van der Waals surface area contributed by atoms with Crippen LogP contribution in [0.3, 0.4) is 0 Å². The molecule has 7 aromatic rings. The normalized spacial score (nSPS) is 15.9. The van der Waals surface area contributed by atoms with Gasteiger partial charge in [-0.3, -0.25) is 9.59 Å². The van der Waals surface area contributed by atoms with Crippen LogP contribution in [-0.4, -0.2) is 65.2 Å². The molecule has 0 spiro atoms. The van der Waals surface area contributed by atoms with Gasteiger partial charge in [0, 0.05) is 51.0 Å². The third-order valence-electron chi connectivity index (χ3n) is 8.87. The monoisotopic (exact) mass is 648 g/mol. The van der Waals surface area contributed by atoms with Crippen molar-refractivity contribution in [3.8, 4) is 11.4 Å². The minimum Gasteiger partial charge on any atom is -0.342 e. The second kappa shape index (κ2) is 10.9. The lowest BCUT2D eigenvalue weighted by atomic mass is 10.1. The van der Waals surface area contributed by atoms with E-state index in [0.717, 1.165) is 64.7 Å². The summed E-state index contributed by atoms with van der Waals surface area (Å²) in [4.78, 5) is 62.3. The number of benzene rings is 1. The fourth-order valence-corrected chi connectivity index (χ4v) is 8.58. The van der Waals surface area contributed by atoms with Gasteiger partial charge in [-0.25, -0.2) is 39.0 Å². The fraction of sp³-hybridized carbons (Fsp3) is 0.312. The second-order valence-corrected chi connectivity index (χ2v) is 13.7. The van der Waals surface area contributed by atoms with E-state index < -0.39 is 0 Å².